The van der Waals surface area contributed by atoms with Crippen molar-refractivity contribution in [1.82, 2.24) is 0 Å². The molecule has 3 rings (SSSR count). The van der Waals surface area contributed by atoms with Gasteiger partial charge in [0.05, 0.1) is 0 Å². The Morgan fingerprint density at radius 2 is 1.62 bits per heavy atom. The summed E-state index contributed by atoms with van der Waals surface area (Å²) in [6.45, 7) is 8.60. The largest absolute Gasteiger partial charge is 0.480 e. The standard InChI is InChI=1S/C21H25NO2/c1-13(2)16-9-7-10-17(14(3)4)20(16)22-21(23)19-12-15-8-5-6-11-18(15)24-19/h5-11,13-14,19H,12H2,1-4H3,(H,22,23). The summed E-state index contributed by atoms with van der Waals surface area (Å²) in [5, 5.41) is 3.15. The first-order valence-corrected chi connectivity index (χ1v) is 8.65. The molecule has 1 heterocycles. The maximum atomic E-state index is 12.8. The zero-order chi connectivity index (χ0) is 17.3. The van der Waals surface area contributed by atoms with Crippen molar-refractivity contribution in [3.8, 4) is 5.75 Å². The van der Waals surface area contributed by atoms with Crippen LogP contribution in [0.2, 0.25) is 0 Å². The minimum absolute atomic E-state index is 0.0683. The molecule has 1 amide bonds. The molecule has 3 nitrogen and oxygen atoms in total. The summed E-state index contributed by atoms with van der Waals surface area (Å²) in [6, 6.07) is 14.1. The number of nitrogens with one attached hydrogen (secondary N) is 1. The van der Waals surface area contributed by atoms with Crippen LogP contribution in [0, 0.1) is 0 Å². The van der Waals surface area contributed by atoms with E-state index in [0.29, 0.717) is 18.3 Å². The maximum Gasteiger partial charge on any atom is 0.265 e. The van der Waals surface area contributed by atoms with E-state index in [4.69, 9.17) is 4.74 Å². The van der Waals surface area contributed by atoms with Gasteiger partial charge in [-0.3, -0.25) is 4.79 Å². The zero-order valence-corrected chi connectivity index (χ0v) is 14.8. The van der Waals surface area contributed by atoms with Gasteiger partial charge in [0.15, 0.2) is 6.10 Å². The Hall–Kier alpha value is -2.29. The molecule has 1 unspecified atom stereocenters. The first-order valence-electron chi connectivity index (χ1n) is 8.65. The van der Waals surface area contributed by atoms with Crippen LogP contribution in [0.1, 0.15) is 56.2 Å². The monoisotopic (exact) mass is 323 g/mol. The smallest absolute Gasteiger partial charge is 0.265 e. The lowest BCUT2D eigenvalue weighted by atomic mass is 9.92. The van der Waals surface area contributed by atoms with Crippen LogP contribution < -0.4 is 10.1 Å². The van der Waals surface area contributed by atoms with Crippen molar-refractivity contribution in [2.75, 3.05) is 5.32 Å². The van der Waals surface area contributed by atoms with Gasteiger partial charge in [0.1, 0.15) is 5.75 Å². The third kappa shape index (κ3) is 3.16. The average molecular weight is 323 g/mol. The summed E-state index contributed by atoms with van der Waals surface area (Å²) in [6.07, 6.45) is 0.172. The summed E-state index contributed by atoms with van der Waals surface area (Å²) in [5.41, 5.74) is 4.39. The van der Waals surface area contributed by atoms with Crippen molar-refractivity contribution < 1.29 is 9.53 Å². The van der Waals surface area contributed by atoms with E-state index in [1.807, 2.05) is 24.3 Å². The number of carbonyl (C=O) groups excluding carboxylic acids is 1. The van der Waals surface area contributed by atoms with Gasteiger partial charge in [0, 0.05) is 12.1 Å². The number of anilines is 1. The molecule has 0 saturated heterocycles. The van der Waals surface area contributed by atoms with Crippen molar-refractivity contribution >= 4 is 11.6 Å². The number of hydrogen-bond donors (Lipinski definition) is 1. The topological polar surface area (TPSA) is 38.3 Å². The zero-order valence-electron chi connectivity index (χ0n) is 14.8. The summed E-state index contributed by atoms with van der Waals surface area (Å²) < 4.78 is 5.83. The minimum Gasteiger partial charge on any atom is -0.480 e. The van der Waals surface area contributed by atoms with Crippen LogP contribution in [-0.4, -0.2) is 12.0 Å². The van der Waals surface area contributed by atoms with E-state index in [1.165, 1.54) is 11.1 Å². The number of carbonyl (C=O) groups is 1. The van der Waals surface area contributed by atoms with E-state index < -0.39 is 6.10 Å². The van der Waals surface area contributed by atoms with E-state index in [2.05, 4.69) is 51.2 Å². The summed E-state index contributed by atoms with van der Waals surface area (Å²) in [4.78, 5) is 12.8. The van der Waals surface area contributed by atoms with Gasteiger partial charge in [0.25, 0.3) is 5.91 Å². The molecule has 1 aliphatic rings. The van der Waals surface area contributed by atoms with Gasteiger partial charge in [0.2, 0.25) is 0 Å². The van der Waals surface area contributed by atoms with Gasteiger partial charge in [-0.15, -0.1) is 0 Å². The Bertz CT molecular complexity index is 698. The highest BCUT2D eigenvalue weighted by molar-refractivity contribution is 5.96. The minimum atomic E-state index is -0.456. The molecule has 3 heteroatoms. The lowest BCUT2D eigenvalue weighted by Gasteiger charge is -2.21. The third-order valence-corrected chi connectivity index (χ3v) is 4.56. The molecular formula is C21H25NO2. The number of rotatable bonds is 4. The molecule has 0 aliphatic carbocycles. The lowest BCUT2D eigenvalue weighted by molar-refractivity contribution is -0.122. The highest BCUT2D eigenvalue weighted by Crippen LogP contribution is 2.34. The maximum absolute atomic E-state index is 12.8. The quantitative estimate of drug-likeness (QED) is 0.871. The molecule has 0 bridgehead atoms. The predicted octanol–water partition coefficient (Wildman–Crippen LogP) is 4.88. The second-order valence-corrected chi connectivity index (χ2v) is 7.03. The number of ether oxygens (including phenoxy) is 1. The third-order valence-electron chi connectivity index (χ3n) is 4.56. The van der Waals surface area contributed by atoms with E-state index in [-0.39, 0.29) is 5.91 Å². The van der Waals surface area contributed by atoms with Crippen LogP contribution in [0.25, 0.3) is 0 Å². The summed E-state index contributed by atoms with van der Waals surface area (Å²) in [5.74, 6) is 1.45. The van der Waals surface area contributed by atoms with Gasteiger partial charge in [-0.25, -0.2) is 0 Å². The van der Waals surface area contributed by atoms with Crippen molar-refractivity contribution in [2.45, 2.75) is 52.1 Å². The number of benzene rings is 2. The molecule has 1 aliphatic heterocycles. The first-order chi connectivity index (χ1) is 11.5. The summed E-state index contributed by atoms with van der Waals surface area (Å²) in [7, 11) is 0. The number of para-hydroxylation sites is 2. The molecule has 0 fully saturated rings. The van der Waals surface area contributed by atoms with Gasteiger partial charge >= 0.3 is 0 Å². The number of fused-ring (bicyclic) bond motifs is 1. The van der Waals surface area contributed by atoms with Crippen molar-refractivity contribution in [3.05, 3.63) is 59.2 Å². The Labute approximate surface area is 144 Å². The molecule has 126 valence electrons. The predicted molar refractivity (Wildman–Crippen MR) is 97.8 cm³/mol. The Kier molecular flexibility index (Phi) is 4.61. The lowest BCUT2D eigenvalue weighted by Crippen LogP contribution is -2.32. The normalized spacial score (nSPS) is 16.2. The number of amides is 1. The van der Waals surface area contributed by atoms with Gasteiger partial charge in [-0.05, 0) is 34.6 Å². The highest BCUT2D eigenvalue weighted by Gasteiger charge is 2.30. The molecule has 1 atom stereocenters. The molecule has 0 saturated carbocycles. The Balaban J connectivity index is 1.85. The first kappa shape index (κ1) is 16.6. The van der Waals surface area contributed by atoms with E-state index in [9.17, 15) is 4.79 Å². The fourth-order valence-corrected chi connectivity index (χ4v) is 3.23. The fraction of sp³-hybridized carbons (Fsp3) is 0.381. The van der Waals surface area contributed by atoms with Crippen LogP contribution >= 0.6 is 0 Å². The van der Waals surface area contributed by atoms with Gasteiger partial charge in [-0.1, -0.05) is 64.1 Å². The van der Waals surface area contributed by atoms with Crippen molar-refractivity contribution in [2.24, 2.45) is 0 Å². The second-order valence-electron chi connectivity index (χ2n) is 7.03. The van der Waals surface area contributed by atoms with Crippen LogP contribution in [0.3, 0.4) is 0 Å². The molecule has 24 heavy (non-hydrogen) atoms. The van der Waals surface area contributed by atoms with E-state index in [0.717, 1.165) is 17.0 Å². The van der Waals surface area contributed by atoms with Crippen molar-refractivity contribution in [3.63, 3.8) is 0 Å². The highest BCUT2D eigenvalue weighted by atomic mass is 16.5. The SMILES string of the molecule is CC(C)c1cccc(C(C)C)c1NC(=O)C1Cc2ccccc2O1. The van der Waals surface area contributed by atoms with Gasteiger partial charge < -0.3 is 10.1 Å². The molecular weight excluding hydrogens is 298 g/mol. The van der Waals surface area contributed by atoms with E-state index in [1.54, 1.807) is 0 Å². The summed E-state index contributed by atoms with van der Waals surface area (Å²) >= 11 is 0. The molecule has 0 spiro atoms. The molecule has 2 aromatic rings. The molecule has 1 N–H and O–H groups in total. The fourth-order valence-electron chi connectivity index (χ4n) is 3.23. The van der Waals surface area contributed by atoms with Crippen LogP contribution in [0.15, 0.2) is 42.5 Å². The van der Waals surface area contributed by atoms with Crippen LogP contribution in [0.4, 0.5) is 5.69 Å². The van der Waals surface area contributed by atoms with Crippen LogP contribution in [-0.2, 0) is 11.2 Å². The Morgan fingerprint density at radius 3 is 2.21 bits per heavy atom. The van der Waals surface area contributed by atoms with Gasteiger partial charge in [-0.2, -0.15) is 0 Å². The Morgan fingerprint density at radius 1 is 1.00 bits per heavy atom. The second kappa shape index (κ2) is 6.68. The number of hydrogen-bond acceptors (Lipinski definition) is 2. The molecule has 0 radical (unpaired) electrons. The van der Waals surface area contributed by atoms with Crippen molar-refractivity contribution in [1.29, 1.82) is 0 Å². The van der Waals surface area contributed by atoms with Crippen LogP contribution in [0.5, 0.6) is 5.75 Å². The van der Waals surface area contributed by atoms with E-state index >= 15 is 0 Å². The molecule has 2 aromatic carbocycles. The average Bonchev–Trinajstić information content (AvgIpc) is 2.98. The molecule has 0 aromatic heterocycles.